The summed E-state index contributed by atoms with van der Waals surface area (Å²) in [7, 11) is 0. The van der Waals surface area contributed by atoms with Gasteiger partial charge in [0, 0.05) is 0 Å². The van der Waals surface area contributed by atoms with Crippen molar-refractivity contribution in [3.05, 3.63) is 0 Å². The summed E-state index contributed by atoms with van der Waals surface area (Å²) in [5.41, 5.74) is 0. The van der Waals surface area contributed by atoms with Gasteiger partial charge in [-0.15, -0.1) is 0 Å². The molecule has 4 heteroatoms. The Morgan fingerprint density at radius 2 is 2.00 bits per heavy atom. The predicted molar refractivity (Wildman–Crippen MR) is 43.7 cm³/mol. The van der Waals surface area contributed by atoms with Crippen molar-refractivity contribution in [2.45, 2.75) is 13.3 Å². The molecule has 0 aromatic heterocycles. The Balaban J connectivity index is 3.15. The average molecular weight is 158 g/mol. The third-order valence-corrected chi connectivity index (χ3v) is 3.10. The molecular weight excluding hydrogens is 147 g/mol. The quantitative estimate of drug-likeness (QED) is 0.413. The van der Waals surface area contributed by atoms with Crippen molar-refractivity contribution in [2.24, 2.45) is 0 Å². The summed E-state index contributed by atoms with van der Waals surface area (Å²) in [6.45, 7) is 2.00. The fourth-order valence-electron chi connectivity index (χ4n) is 0.335. The zero-order valence-corrected chi connectivity index (χ0v) is 7.04. The maximum atomic E-state index is 8.88. The van der Waals surface area contributed by atoms with Crippen LogP contribution in [0.4, 0.5) is 0 Å². The normalized spacial score (nSPS) is 14.3. The summed E-state index contributed by atoms with van der Waals surface area (Å²) in [6.07, 6.45) is 1.73. The second-order valence-electron chi connectivity index (χ2n) is 1.52. The first kappa shape index (κ1) is 8.09. The van der Waals surface area contributed by atoms with Crippen molar-refractivity contribution >= 4 is 30.4 Å². The summed E-state index contributed by atoms with van der Waals surface area (Å²) in [4.78, 5) is 8.88. The Morgan fingerprint density at radius 3 is 2.00 bits per heavy atom. The molecule has 0 saturated carbocycles. The molecule has 46 valence electrons. The Morgan fingerprint density at radius 1 is 1.57 bits per heavy atom. The van der Waals surface area contributed by atoms with Gasteiger partial charge in [0.25, 0.3) is 0 Å². The van der Waals surface area contributed by atoms with Crippen LogP contribution in [0.5, 0.6) is 0 Å². The van der Waals surface area contributed by atoms with E-state index in [9.17, 15) is 0 Å². The van der Waals surface area contributed by atoms with Crippen LogP contribution >= 0.6 is 30.4 Å². The average Bonchev–Trinajstić information content (AvgIpc) is 1.30. The fraction of sp³-hybridized carbons (Fsp3) is 1.00. The SMILES string of the molecule is CCC[PH](O)(S)S. The van der Waals surface area contributed by atoms with Gasteiger partial charge in [0.2, 0.25) is 0 Å². The van der Waals surface area contributed by atoms with Crippen molar-refractivity contribution < 1.29 is 4.89 Å². The first-order chi connectivity index (χ1) is 3.06. The van der Waals surface area contributed by atoms with Crippen LogP contribution in [0.2, 0.25) is 0 Å². The van der Waals surface area contributed by atoms with Crippen LogP contribution in [0.1, 0.15) is 13.3 Å². The molecule has 0 amide bonds. The van der Waals surface area contributed by atoms with Gasteiger partial charge in [-0.2, -0.15) is 0 Å². The van der Waals surface area contributed by atoms with E-state index >= 15 is 0 Å². The Labute approximate surface area is 55.2 Å². The van der Waals surface area contributed by atoms with Crippen LogP contribution in [0.15, 0.2) is 0 Å². The summed E-state index contributed by atoms with van der Waals surface area (Å²) >= 11 is 7.79. The van der Waals surface area contributed by atoms with E-state index in [1.54, 1.807) is 0 Å². The van der Waals surface area contributed by atoms with Crippen molar-refractivity contribution in [1.29, 1.82) is 0 Å². The van der Waals surface area contributed by atoms with Gasteiger partial charge in [0.1, 0.15) is 0 Å². The van der Waals surface area contributed by atoms with Gasteiger partial charge in [-0.1, -0.05) is 0 Å². The second kappa shape index (κ2) is 3.18. The molecule has 1 nitrogen and oxygen atoms in total. The molecule has 7 heavy (non-hydrogen) atoms. The molecule has 0 heterocycles. The minimum absolute atomic E-state index is 0.763. The second-order valence-corrected chi connectivity index (χ2v) is 9.07. The molecule has 0 fully saturated rings. The van der Waals surface area contributed by atoms with E-state index < -0.39 is 5.89 Å². The molecule has 0 aromatic carbocycles. The number of thiol groups is 2. The van der Waals surface area contributed by atoms with Crippen LogP contribution in [0.3, 0.4) is 0 Å². The van der Waals surface area contributed by atoms with Crippen LogP contribution in [0.25, 0.3) is 0 Å². The topological polar surface area (TPSA) is 20.2 Å². The van der Waals surface area contributed by atoms with Gasteiger partial charge < -0.3 is 0 Å². The molecule has 0 saturated heterocycles. The van der Waals surface area contributed by atoms with Gasteiger partial charge in [-0.3, -0.25) is 0 Å². The molecule has 0 aliphatic carbocycles. The number of rotatable bonds is 2. The van der Waals surface area contributed by atoms with Crippen molar-refractivity contribution in [3.63, 3.8) is 0 Å². The molecule has 0 radical (unpaired) electrons. The minimum atomic E-state index is -2.27. The fourth-order valence-corrected chi connectivity index (χ4v) is 2.35. The molecule has 0 aliphatic rings. The molecule has 0 unspecified atom stereocenters. The molecular formula is C3H11OPS2. The Kier molecular flexibility index (Phi) is 3.68. The first-order valence-corrected chi connectivity index (χ1v) is 6.96. The van der Waals surface area contributed by atoms with Crippen molar-refractivity contribution in [1.82, 2.24) is 0 Å². The van der Waals surface area contributed by atoms with E-state index in [1.165, 1.54) is 0 Å². The zero-order chi connectivity index (χ0) is 5.91. The summed E-state index contributed by atoms with van der Waals surface area (Å²) < 4.78 is 0. The standard InChI is InChI=1S/C3H11OPS2/c1-2-3-5(4,6)7/h4-7H,2-3H2,1H3. The van der Waals surface area contributed by atoms with Crippen LogP contribution < -0.4 is 0 Å². The van der Waals surface area contributed by atoms with Gasteiger partial charge >= 0.3 is 54.8 Å². The van der Waals surface area contributed by atoms with Crippen LogP contribution in [-0.2, 0) is 0 Å². The summed E-state index contributed by atoms with van der Waals surface area (Å²) in [6, 6.07) is 0. The molecule has 0 spiro atoms. The molecule has 0 aliphatic heterocycles. The van der Waals surface area contributed by atoms with E-state index in [0.717, 1.165) is 12.6 Å². The van der Waals surface area contributed by atoms with Gasteiger partial charge in [-0.05, 0) is 0 Å². The van der Waals surface area contributed by atoms with E-state index in [1.807, 2.05) is 6.92 Å². The molecule has 0 bridgehead atoms. The first-order valence-electron chi connectivity index (χ1n) is 2.23. The van der Waals surface area contributed by atoms with Crippen molar-refractivity contribution in [2.75, 3.05) is 6.16 Å². The Hall–Kier alpha value is 1.09. The summed E-state index contributed by atoms with van der Waals surface area (Å²) in [5, 5.41) is 0. The van der Waals surface area contributed by atoms with Gasteiger partial charge in [0.05, 0.1) is 0 Å². The molecule has 1 N–H and O–H groups in total. The van der Waals surface area contributed by atoms with Crippen molar-refractivity contribution in [3.8, 4) is 0 Å². The van der Waals surface area contributed by atoms with E-state index in [-0.39, 0.29) is 0 Å². The molecule has 0 aromatic rings. The summed E-state index contributed by atoms with van der Waals surface area (Å²) in [5.74, 6) is -2.27. The van der Waals surface area contributed by atoms with Gasteiger partial charge in [0.15, 0.2) is 0 Å². The van der Waals surface area contributed by atoms with Crippen LogP contribution in [-0.4, -0.2) is 11.1 Å². The van der Waals surface area contributed by atoms with Gasteiger partial charge in [-0.25, -0.2) is 0 Å². The third kappa shape index (κ3) is 7.09. The predicted octanol–water partition coefficient (Wildman–Crippen LogP) is 1.74. The maximum absolute atomic E-state index is 8.88. The number of hydrogen-bond donors (Lipinski definition) is 3. The Bertz CT molecular complexity index is 51.4. The van der Waals surface area contributed by atoms with Crippen LogP contribution in [0, 0.1) is 0 Å². The zero-order valence-electron chi connectivity index (χ0n) is 4.26. The van der Waals surface area contributed by atoms with E-state index in [2.05, 4.69) is 24.5 Å². The number of hydrogen-bond acceptors (Lipinski definition) is 3. The third-order valence-electron chi connectivity index (χ3n) is 0.585. The monoisotopic (exact) mass is 158 g/mol. The molecule has 0 atom stereocenters. The van der Waals surface area contributed by atoms with E-state index in [4.69, 9.17) is 4.89 Å². The molecule has 0 rings (SSSR count). The van der Waals surface area contributed by atoms with E-state index in [0.29, 0.717) is 0 Å².